The SMILES string of the molecule is O=C(Nc1ccc2cn(-c3ccc(Cl)cc3)nc2c1)[N+](=O)[O-]. The van der Waals surface area contributed by atoms with Crippen molar-refractivity contribution in [2.45, 2.75) is 0 Å². The number of halogens is 1. The minimum absolute atomic E-state index is 0.315. The first-order valence-corrected chi connectivity index (χ1v) is 6.61. The van der Waals surface area contributed by atoms with Gasteiger partial charge < -0.3 is 10.1 Å². The molecule has 0 aliphatic rings. The Morgan fingerprint density at radius 3 is 2.64 bits per heavy atom. The van der Waals surface area contributed by atoms with Crippen molar-refractivity contribution in [2.24, 2.45) is 0 Å². The van der Waals surface area contributed by atoms with Crippen molar-refractivity contribution in [1.29, 1.82) is 0 Å². The Labute approximate surface area is 129 Å². The highest BCUT2D eigenvalue weighted by Gasteiger charge is 2.14. The van der Waals surface area contributed by atoms with Crippen molar-refractivity contribution >= 4 is 34.2 Å². The number of nitrogens with zero attached hydrogens (tertiary/aromatic N) is 3. The first kappa shape index (κ1) is 14.0. The molecule has 0 aliphatic carbocycles. The van der Waals surface area contributed by atoms with Crippen LogP contribution in [0.1, 0.15) is 0 Å². The summed E-state index contributed by atoms with van der Waals surface area (Å²) >= 11 is 5.85. The number of fused-ring (bicyclic) bond motifs is 1. The van der Waals surface area contributed by atoms with Crippen molar-refractivity contribution < 1.29 is 9.72 Å². The second-order valence-corrected chi connectivity index (χ2v) is 4.95. The van der Waals surface area contributed by atoms with Gasteiger partial charge in [0.2, 0.25) is 0 Å². The Balaban J connectivity index is 1.94. The van der Waals surface area contributed by atoms with Gasteiger partial charge >= 0.3 is 6.03 Å². The smallest absolute Gasteiger partial charge is 0.355 e. The number of anilines is 1. The molecular weight excluding hydrogens is 308 g/mol. The molecule has 0 bridgehead atoms. The zero-order valence-corrected chi connectivity index (χ0v) is 11.8. The van der Waals surface area contributed by atoms with E-state index in [4.69, 9.17) is 11.6 Å². The highest BCUT2D eigenvalue weighted by molar-refractivity contribution is 6.30. The molecule has 1 heterocycles. The van der Waals surface area contributed by atoms with E-state index in [-0.39, 0.29) is 0 Å². The van der Waals surface area contributed by atoms with E-state index in [9.17, 15) is 14.9 Å². The average molecular weight is 317 g/mol. The van der Waals surface area contributed by atoms with Crippen LogP contribution in [0.15, 0.2) is 48.7 Å². The van der Waals surface area contributed by atoms with Gasteiger partial charge in [-0.1, -0.05) is 11.6 Å². The third-order valence-electron chi connectivity index (χ3n) is 3.02. The first-order chi connectivity index (χ1) is 10.5. The van der Waals surface area contributed by atoms with Crippen LogP contribution < -0.4 is 5.32 Å². The molecule has 0 atom stereocenters. The molecule has 8 heteroatoms. The van der Waals surface area contributed by atoms with Crippen molar-refractivity contribution in [1.82, 2.24) is 9.78 Å². The van der Waals surface area contributed by atoms with Crippen LogP contribution in [-0.2, 0) is 0 Å². The number of hydrogen-bond donors (Lipinski definition) is 1. The van der Waals surface area contributed by atoms with E-state index in [1.54, 1.807) is 35.0 Å². The predicted molar refractivity (Wildman–Crippen MR) is 82.1 cm³/mol. The molecule has 2 amide bonds. The van der Waals surface area contributed by atoms with Gasteiger partial charge in [-0.05, 0) is 36.4 Å². The maximum Gasteiger partial charge on any atom is 0.537 e. The number of nitrogens with one attached hydrogen (secondary N) is 1. The Kier molecular flexibility index (Phi) is 3.48. The Hall–Kier alpha value is -2.93. The first-order valence-electron chi connectivity index (χ1n) is 6.24. The molecule has 2 aromatic carbocycles. The fourth-order valence-corrected chi connectivity index (χ4v) is 2.12. The summed E-state index contributed by atoms with van der Waals surface area (Å²) < 4.78 is 1.67. The molecule has 0 radical (unpaired) electrons. The molecule has 1 aromatic heterocycles. The van der Waals surface area contributed by atoms with E-state index < -0.39 is 11.0 Å². The quantitative estimate of drug-likeness (QED) is 0.579. The molecule has 1 N–H and O–H groups in total. The number of nitro groups is 1. The van der Waals surface area contributed by atoms with Crippen LogP contribution in [0.4, 0.5) is 10.5 Å². The van der Waals surface area contributed by atoms with Gasteiger partial charge in [-0.3, -0.25) is 0 Å². The van der Waals surface area contributed by atoms with Gasteiger partial charge in [0.05, 0.1) is 11.2 Å². The third-order valence-corrected chi connectivity index (χ3v) is 3.27. The Bertz CT molecular complexity index is 873. The molecule has 0 saturated carbocycles. The van der Waals surface area contributed by atoms with Crippen molar-refractivity contribution in [3.8, 4) is 5.69 Å². The zero-order valence-electron chi connectivity index (χ0n) is 11.1. The second kappa shape index (κ2) is 5.45. The zero-order chi connectivity index (χ0) is 15.7. The number of amides is 2. The van der Waals surface area contributed by atoms with Crippen LogP contribution in [0.5, 0.6) is 0 Å². The molecule has 0 spiro atoms. The summed E-state index contributed by atoms with van der Waals surface area (Å²) in [6, 6.07) is 10.8. The lowest BCUT2D eigenvalue weighted by molar-refractivity contribution is -0.368. The number of hydrogen-bond acceptors (Lipinski definition) is 4. The molecule has 3 rings (SSSR count). The molecular formula is C14H9ClN4O3. The molecule has 110 valence electrons. The van der Waals surface area contributed by atoms with Crippen LogP contribution in [0.3, 0.4) is 0 Å². The second-order valence-electron chi connectivity index (χ2n) is 4.51. The number of carbonyl (C=O) groups is 1. The minimum Gasteiger partial charge on any atom is -0.355 e. The molecule has 0 saturated heterocycles. The maximum atomic E-state index is 11.1. The van der Waals surface area contributed by atoms with Crippen molar-refractivity contribution in [2.75, 3.05) is 5.32 Å². The fraction of sp³-hybridized carbons (Fsp3) is 0. The van der Waals surface area contributed by atoms with E-state index in [2.05, 4.69) is 10.4 Å². The summed E-state index contributed by atoms with van der Waals surface area (Å²) in [5.41, 5.74) is 1.75. The number of urea groups is 1. The third kappa shape index (κ3) is 2.75. The monoisotopic (exact) mass is 316 g/mol. The van der Waals surface area contributed by atoms with Crippen molar-refractivity contribution in [3.63, 3.8) is 0 Å². The van der Waals surface area contributed by atoms with Gasteiger partial charge in [0, 0.05) is 27.6 Å². The molecule has 0 fully saturated rings. The van der Waals surface area contributed by atoms with E-state index >= 15 is 0 Å². The van der Waals surface area contributed by atoms with Crippen molar-refractivity contribution in [3.05, 3.63) is 63.8 Å². The van der Waals surface area contributed by atoms with Gasteiger partial charge in [-0.2, -0.15) is 9.89 Å². The van der Waals surface area contributed by atoms with E-state index in [1.807, 2.05) is 18.3 Å². The van der Waals surface area contributed by atoms with Crippen LogP contribution in [-0.4, -0.2) is 20.7 Å². The summed E-state index contributed by atoms with van der Waals surface area (Å²) in [4.78, 5) is 20.4. The van der Waals surface area contributed by atoms with Crippen LogP contribution in [0.2, 0.25) is 5.02 Å². The van der Waals surface area contributed by atoms with Gasteiger partial charge in [-0.25, -0.2) is 10.00 Å². The molecule has 22 heavy (non-hydrogen) atoms. The number of aromatic nitrogens is 2. The molecule has 0 aliphatic heterocycles. The Morgan fingerprint density at radius 1 is 1.23 bits per heavy atom. The van der Waals surface area contributed by atoms with Crippen LogP contribution in [0, 0.1) is 10.1 Å². The summed E-state index contributed by atoms with van der Waals surface area (Å²) in [6.45, 7) is 0. The van der Waals surface area contributed by atoms with E-state index in [0.717, 1.165) is 11.1 Å². The normalized spacial score (nSPS) is 10.6. The highest BCUT2D eigenvalue weighted by Crippen LogP contribution is 2.21. The average Bonchev–Trinajstić information content (AvgIpc) is 2.91. The topological polar surface area (TPSA) is 90.1 Å². The summed E-state index contributed by atoms with van der Waals surface area (Å²) in [5, 5.41) is 18.4. The summed E-state index contributed by atoms with van der Waals surface area (Å²) in [6.07, 6.45) is 1.82. The standard InChI is InChI=1S/C14H9ClN4O3/c15-10-2-5-12(6-3-10)18-8-9-1-4-11(7-13(9)17-18)16-14(20)19(21)22/h1-8H,(H,16,20). The lowest BCUT2D eigenvalue weighted by atomic mass is 10.2. The summed E-state index contributed by atoms with van der Waals surface area (Å²) in [5.74, 6) is 0. The fourth-order valence-electron chi connectivity index (χ4n) is 1.99. The number of benzene rings is 2. The highest BCUT2D eigenvalue weighted by atomic mass is 35.5. The molecule has 7 nitrogen and oxygen atoms in total. The summed E-state index contributed by atoms with van der Waals surface area (Å²) in [7, 11) is 0. The van der Waals surface area contributed by atoms with E-state index in [0.29, 0.717) is 16.2 Å². The van der Waals surface area contributed by atoms with Gasteiger partial charge in [0.1, 0.15) is 5.69 Å². The van der Waals surface area contributed by atoms with Crippen LogP contribution in [0.25, 0.3) is 16.6 Å². The number of rotatable bonds is 2. The van der Waals surface area contributed by atoms with Gasteiger partial charge in [-0.15, -0.1) is 0 Å². The maximum absolute atomic E-state index is 11.1. The van der Waals surface area contributed by atoms with Gasteiger partial charge in [0.25, 0.3) is 0 Å². The lowest BCUT2D eigenvalue weighted by Gasteiger charge is -1.99. The lowest BCUT2D eigenvalue weighted by Crippen LogP contribution is -2.18. The Morgan fingerprint density at radius 2 is 1.95 bits per heavy atom. The predicted octanol–water partition coefficient (Wildman–Crippen LogP) is 3.49. The molecule has 3 aromatic rings. The molecule has 0 unspecified atom stereocenters. The number of carbonyl (C=O) groups excluding carboxylic acids is 1. The van der Waals surface area contributed by atoms with Crippen LogP contribution >= 0.6 is 11.6 Å². The minimum atomic E-state index is -1.28. The van der Waals surface area contributed by atoms with E-state index in [1.165, 1.54) is 0 Å². The van der Waals surface area contributed by atoms with Gasteiger partial charge in [0.15, 0.2) is 0 Å². The largest absolute Gasteiger partial charge is 0.537 e.